The maximum atomic E-state index is 11.6. The molecule has 0 spiro atoms. The maximum absolute atomic E-state index is 11.6. The number of ether oxygens (including phenoxy) is 2. The average Bonchev–Trinajstić information content (AvgIpc) is 2.65. The van der Waals surface area contributed by atoms with E-state index in [4.69, 9.17) is 10.5 Å². The lowest BCUT2D eigenvalue weighted by Gasteiger charge is -2.36. The number of carbonyl (C=O) groups excluding carboxylic acids is 1. The lowest BCUT2D eigenvalue weighted by Crippen LogP contribution is -2.40. The maximum Gasteiger partial charge on any atom is 0.360 e. The number of nitrogen functional groups attached to an aromatic ring is 1. The van der Waals surface area contributed by atoms with E-state index in [0.29, 0.717) is 18.2 Å². The molecule has 6 heteroatoms. The molecule has 1 fully saturated rings. The highest BCUT2D eigenvalue weighted by Crippen LogP contribution is 2.32. The first-order chi connectivity index (χ1) is 8.49. The molecule has 0 radical (unpaired) electrons. The lowest BCUT2D eigenvalue weighted by molar-refractivity contribution is 0.00953. The number of esters is 1. The summed E-state index contributed by atoms with van der Waals surface area (Å²) in [4.78, 5) is 15.8. The molecule has 2 rings (SSSR count). The molecule has 1 aliphatic heterocycles. The third-order valence-electron chi connectivity index (χ3n) is 3.42. The van der Waals surface area contributed by atoms with Gasteiger partial charge in [-0.2, -0.15) is 0 Å². The van der Waals surface area contributed by atoms with Crippen molar-refractivity contribution in [2.45, 2.75) is 32.2 Å². The van der Waals surface area contributed by atoms with Crippen molar-refractivity contribution in [3.63, 3.8) is 0 Å². The number of hydrogen-bond donors (Lipinski definition) is 1. The summed E-state index contributed by atoms with van der Waals surface area (Å²) in [7, 11) is 1.32. The van der Waals surface area contributed by atoms with Gasteiger partial charge in [-0.25, -0.2) is 9.78 Å². The van der Waals surface area contributed by atoms with Crippen molar-refractivity contribution in [2.75, 3.05) is 26.1 Å². The second-order valence-corrected chi connectivity index (χ2v) is 4.87. The molecule has 1 aliphatic rings. The molecule has 1 atom stereocenters. The van der Waals surface area contributed by atoms with Gasteiger partial charge in [0.25, 0.3) is 0 Å². The summed E-state index contributed by atoms with van der Waals surface area (Å²) in [5.74, 6) is 0.558. The van der Waals surface area contributed by atoms with Gasteiger partial charge < -0.3 is 19.8 Å². The Hall–Kier alpha value is -1.56. The number of aromatic nitrogens is 2. The molecule has 0 aromatic carbocycles. The number of nitrogens with zero attached hydrogens (tertiary/aromatic N) is 2. The number of rotatable bonds is 2. The third kappa shape index (κ3) is 1.96. The Morgan fingerprint density at radius 3 is 2.89 bits per heavy atom. The summed E-state index contributed by atoms with van der Waals surface area (Å²) in [5, 5.41) is 0. The Morgan fingerprint density at radius 1 is 1.61 bits per heavy atom. The predicted octanol–water partition coefficient (Wildman–Crippen LogP) is 1.09. The van der Waals surface area contributed by atoms with E-state index in [2.05, 4.69) is 16.6 Å². The molecule has 1 aromatic heterocycles. The van der Waals surface area contributed by atoms with E-state index >= 15 is 0 Å². The highest BCUT2D eigenvalue weighted by Gasteiger charge is 2.34. The van der Waals surface area contributed by atoms with Gasteiger partial charge in [-0.1, -0.05) is 0 Å². The van der Waals surface area contributed by atoms with E-state index in [-0.39, 0.29) is 11.2 Å². The van der Waals surface area contributed by atoms with Gasteiger partial charge in [-0.3, -0.25) is 0 Å². The fourth-order valence-electron chi connectivity index (χ4n) is 2.57. The average molecular weight is 253 g/mol. The minimum atomic E-state index is -0.505. The standard InChI is InChI=1S/C12H19N3O3/c1-8-14-9(11(16)17-3)10(13)15(8)12(2)5-4-6-18-7-12/h4-7,13H2,1-3H3. The summed E-state index contributed by atoms with van der Waals surface area (Å²) in [6.07, 6.45) is 1.93. The summed E-state index contributed by atoms with van der Waals surface area (Å²) < 4.78 is 12.1. The van der Waals surface area contributed by atoms with Crippen LogP contribution in [0.5, 0.6) is 0 Å². The van der Waals surface area contributed by atoms with Gasteiger partial charge in [0, 0.05) is 6.61 Å². The number of carbonyl (C=O) groups is 1. The fourth-order valence-corrected chi connectivity index (χ4v) is 2.57. The molecule has 0 bridgehead atoms. The molecule has 0 amide bonds. The van der Waals surface area contributed by atoms with Crippen molar-refractivity contribution < 1.29 is 14.3 Å². The summed E-state index contributed by atoms with van der Waals surface area (Å²) in [6.45, 7) is 5.25. The van der Waals surface area contributed by atoms with Gasteiger partial charge in [0.15, 0.2) is 5.69 Å². The Balaban J connectivity index is 2.44. The first kappa shape index (κ1) is 12.9. The number of nitrogens with two attached hydrogens (primary N) is 1. The van der Waals surface area contributed by atoms with Crippen LogP contribution in [0, 0.1) is 6.92 Å². The summed E-state index contributed by atoms with van der Waals surface area (Å²) in [6, 6.07) is 0. The topological polar surface area (TPSA) is 79.4 Å². The Kier molecular flexibility index (Phi) is 3.30. The van der Waals surface area contributed by atoms with E-state index in [1.165, 1.54) is 7.11 Å². The SMILES string of the molecule is COC(=O)c1nc(C)n(C2(C)CCCOC2)c1N. The van der Waals surface area contributed by atoms with Crippen LogP contribution in [-0.2, 0) is 15.0 Å². The first-order valence-electron chi connectivity index (χ1n) is 6.01. The van der Waals surface area contributed by atoms with E-state index < -0.39 is 5.97 Å². The van der Waals surface area contributed by atoms with E-state index in [9.17, 15) is 4.79 Å². The molecular formula is C12H19N3O3. The molecular weight excluding hydrogens is 234 g/mol. The number of hydrogen-bond acceptors (Lipinski definition) is 5. The second-order valence-electron chi connectivity index (χ2n) is 4.87. The van der Waals surface area contributed by atoms with E-state index in [1.54, 1.807) is 0 Å². The number of aryl methyl sites for hydroxylation is 1. The second kappa shape index (κ2) is 4.61. The largest absolute Gasteiger partial charge is 0.464 e. The molecule has 0 aliphatic carbocycles. The van der Waals surface area contributed by atoms with Gasteiger partial charge >= 0.3 is 5.97 Å². The highest BCUT2D eigenvalue weighted by molar-refractivity contribution is 5.92. The molecule has 0 saturated carbocycles. The normalized spacial score (nSPS) is 23.9. The number of anilines is 1. The molecule has 18 heavy (non-hydrogen) atoms. The first-order valence-corrected chi connectivity index (χ1v) is 6.01. The van der Waals surface area contributed by atoms with Crippen molar-refractivity contribution >= 4 is 11.8 Å². The lowest BCUT2D eigenvalue weighted by atomic mass is 9.94. The van der Waals surface area contributed by atoms with Gasteiger partial charge in [0.2, 0.25) is 0 Å². The van der Waals surface area contributed by atoms with Crippen molar-refractivity contribution in [1.29, 1.82) is 0 Å². The van der Waals surface area contributed by atoms with Crippen LogP contribution in [0.1, 0.15) is 36.1 Å². The zero-order valence-corrected chi connectivity index (χ0v) is 11.0. The summed E-state index contributed by atoms with van der Waals surface area (Å²) >= 11 is 0. The van der Waals surface area contributed by atoms with E-state index in [0.717, 1.165) is 19.4 Å². The monoisotopic (exact) mass is 253 g/mol. The van der Waals surface area contributed by atoms with Gasteiger partial charge in [0.05, 0.1) is 19.3 Å². The zero-order valence-electron chi connectivity index (χ0n) is 11.0. The Morgan fingerprint density at radius 2 is 2.33 bits per heavy atom. The van der Waals surface area contributed by atoms with Crippen molar-refractivity contribution in [1.82, 2.24) is 9.55 Å². The van der Waals surface area contributed by atoms with Crippen LogP contribution in [0.3, 0.4) is 0 Å². The van der Waals surface area contributed by atoms with Crippen molar-refractivity contribution in [2.24, 2.45) is 0 Å². The number of methoxy groups -OCH3 is 1. The molecule has 100 valence electrons. The molecule has 1 unspecified atom stereocenters. The molecule has 1 saturated heterocycles. The van der Waals surface area contributed by atoms with Crippen LogP contribution in [-0.4, -0.2) is 35.8 Å². The fraction of sp³-hybridized carbons (Fsp3) is 0.667. The Bertz CT molecular complexity index is 461. The van der Waals surface area contributed by atoms with Gasteiger partial charge in [-0.05, 0) is 26.7 Å². The molecule has 6 nitrogen and oxygen atoms in total. The van der Waals surface area contributed by atoms with Crippen molar-refractivity contribution in [3.05, 3.63) is 11.5 Å². The van der Waals surface area contributed by atoms with Gasteiger partial charge in [0.1, 0.15) is 11.6 Å². The van der Waals surface area contributed by atoms with Crippen LogP contribution in [0.25, 0.3) is 0 Å². The quantitative estimate of drug-likeness (QED) is 0.798. The van der Waals surface area contributed by atoms with Crippen LogP contribution >= 0.6 is 0 Å². The minimum absolute atomic E-state index is 0.182. The smallest absolute Gasteiger partial charge is 0.360 e. The minimum Gasteiger partial charge on any atom is -0.464 e. The van der Waals surface area contributed by atoms with Crippen LogP contribution in [0.4, 0.5) is 5.82 Å². The van der Waals surface area contributed by atoms with Crippen molar-refractivity contribution in [3.8, 4) is 0 Å². The molecule has 2 heterocycles. The number of imidazole rings is 1. The van der Waals surface area contributed by atoms with E-state index in [1.807, 2.05) is 11.5 Å². The summed E-state index contributed by atoms with van der Waals surface area (Å²) in [5.41, 5.74) is 5.98. The Labute approximate surface area is 106 Å². The molecule has 1 aromatic rings. The zero-order chi connectivity index (χ0) is 13.3. The highest BCUT2D eigenvalue weighted by atomic mass is 16.5. The van der Waals surface area contributed by atoms with Crippen LogP contribution < -0.4 is 5.73 Å². The van der Waals surface area contributed by atoms with Crippen LogP contribution in [0.15, 0.2) is 0 Å². The predicted molar refractivity (Wildman–Crippen MR) is 66.4 cm³/mol. The molecule has 2 N–H and O–H groups in total. The van der Waals surface area contributed by atoms with Crippen LogP contribution in [0.2, 0.25) is 0 Å². The third-order valence-corrected chi connectivity index (χ3v) is 3.42. The van der Waals surface area contributed by atoms with Gasteiger partial charge in [-0.15, -0.1) is 0 Å².